The zero-order valence-electron chi connectivity index (χ0n) is 28.6. The average molecular weight is 651 g/mol. The van der Waals surface area contributed by atoms with Gasteiger partial charge in [0.05, 0.1) is 30.3 Å². The SMILES string of the molecule is CC1(C)CC[C@]2(C(=O)O[C@@H]3O[C@H](CO)[C@@H](O)[C@H](O)[C@H]3O)CC[C@]3(C)C(=CC[C@@H]4[C@]5(C)C[C@@H](O)[C@H](O)C(C)(C)[C@@H]5CC[C@@]43C)[C@@H]2[C@@H]1O. The molecule has 1 heterocycles. The number of rotatable bonds is 3. The van der Waals surface area contributed by atoms with Crippen molar-refractivity contribution in [3.63, 3.8) is 0 Å². The van der Waals surface area contributed by atoms with Gasteiger partial charge in [-0.15, -0.1) is 0 Å². The molecule has 1 saturated heterocycles. The van der Waals surface area contributed by atoms with E-state index in [0.29, 0.717) is 32.1 Å². The van der Waals surface area contributed by atoms with Gasteiger partial charge in [-0.3, -0.25) is 4.79 Å². The molecule has 0 radical (unpaired) electrons. The van der Waals surface area contributed by atoms with Crippen LogP contribution in [0.4, 0.5) is 0 Å². The quantitative estimate of drug-likeness (QED) is 0.177. The van der Waals surface area contributed by atoms with Crippen LogP contribution in [0.3, 0.4) is 0 Å². The van der Waals surface area contributed by atoms with E-state index >= 15 is 0 Å². The van der Waals surface area contributed by atoms with Crippen molar-refractivity contribution in [2.75, 3.05) is 6.61 Å². The molecule has 0 unspecified atom stereocenters. The fourth-order valence-corrected chi connectivity index (χ4v) is 12.1. The summed E-state index contributed by atoms with van der Waals surface area (Å²) in [4.78, 5) is 14.4. The van der Waals surface area contributed by atoms with Crippen molar-refractivity contribution in [1.82, 2.24) is 0 Å². The molecule has 5 fully saturated rings. The number of esters is 1. The van der Waals surface area contributed by atoms with Gasteiger partial charge in [0.1, 0.15) is 24.4 Å². The first kappa shape index (κ1) is 34.7. The Morgan fingerprint density at radius 1 is 0.848 bits per heavy atom. The Bertz CT molecular complexity index is 1250. The van der Waals surface area contributed by atoms with Gasteiger partial charge < -0.3 is 45.2 Å². The molecule has 1 aliphatic heterocycles. The predicted octanol–water partition coefficient (Wildman–Crippen LogP) is 2.43. The minimum atomic E-state index is -1.70. The Kier molecular flexibility index (Phi) is 8.27. The summed E-state index contributed by atoms with van der Waals surface area (Å²) in [7, 11) is 0. The topological polar surface area (TPSA) is 177 Å². The van der Waals surface area contributed by atoms with Gasteiger partial charge in [0.2, 0.25) is 6.29 Å². The van der Waals surface area contributed by atoms with Crippen LogP contribution in [0.5, 0.6) is 0 Å². The molecule has 0 spiro atoms. The third-order valence-corrected chi connectivity index (χ3v) is 15.3. The van der Waals surface area contributed by atoms with E-state index in [2.05, 4.69) is 40.7 Å². The molecule has 10 heteroatoms. The average Bonchev–Trinajstić information content (AvgIpc) is 2.98. The Labute approximate surface area is 273 Å². The number of aliphatic hydroxyl groups is 7. The first-order valence-electron chi connectivity index (χ1n) is 17.5. The lowest BCUT2D eigenvalue weighted by molar-refractivity contribution is -0.298. The van der Waals surface area contributed by atoms with E-state index < -0.39 is 83.8 Å². The molecule has 4 saturated carbocycles. The fourth-order valence-electron chi connectivity index (χ4n) is 12.1. The normalized spacial score (nSPS) is 54.3. The molecule has 15 atom stereocenters. The summed E-state index contributed by atoms with van der Waals surface area (Å²) in [6.45, 7) is 14.6. The number of aliphatic hydroxyl groups excluding tert-OH is 7. The Hall–Kier alpha value is -1.11. The number of ether oxygens (including phenoxy) is 2. The second-order valence-corrected chi connectivity index (χ2v) is 18.0. The number of fused-ring (bicyclic) bond motifs is 7. The van der Waals surface area contributed by atoms with Crippen LogP contribution in [0.1, 0.15) is 99.8 Å². The van der Waals surface area contributed by atoms with Gasteiger partial charge in [-0.05, 0) is 90.3 Å². The van der Waals surface area contributed by atoms with Crippen LogP contribution in [0, 0.1) is 50.2 Å². The molecular weight excluding hydrogens is 592 g/mol. The number of hydrogen-bond acceptors (Lipinski definition) is 10. The maximum Gasteiger partial charge on any atom is 0.315 e. The number of carbonyl (C=O) groups excluding carboxylic acids is 1. The molecule has 0 aromatic carbocycles. The smallest absolute Gasteiger partial charge is 0.315 e. The second kappa shape index (κ2) is 10.9. The molecule has 0 amide bonds. The molecular formula is C36H58O10. The standard InChI is InChI=1S/C36H58O10/c1-31(2)12-14-36(30(44)46-29-26(41)25(40)24(39)20(17-37)45-29)15-13-34(6)18(23(36)28(31)43)8-9-22-33(5)16-19(38)27(42)32(3,4)21(33)10-11-35(22,34)7/h8,19-29,37-43H,9-17H2,1-7H3/t19-,20-,21+,22-,23-,24-,25+,26-,27+,28+,29+,33-,34-,35+,36+/m1/s1. The summed E-state index contributed by atoms with van der Waals surface area (Å²) in [5.41, 5.74) is -1.64. The predicted molar refractivity (Wildman–Crippen MR) is 168 cm³/mol. The van der Waals surface area contributed by atoms with Gasteiger partial charge in [0.25, 0.3) is 0 Å². The van der Waals surface area contributed by atoms with Crippen molar-refractivity contribution in [3.05, 3.63) is 11.6 Å². The monoisotopic (exact) mass is 650 g/mol. The highest BCUT2D eigenvalue weighted by Gasteiger charge is 2.71. The van der Waals surface area contributed by atoms with E-state index in [1.165, 1.54) is 0 Å². The van der Waals surface area contributed by atoms with Crippen molar-refractivity contribution in [2.45, 2.75) is 149 Å². The van der Waals surface area contributed by atoms with E-state index in [4.69, 9.17) is 9.47 Å². The van der Waals surface area contributed by atoms with Crippen LogP contribution in [0.25, 0.3) is 0 Å². The zero-order chi connectivity index (χ0) is 34.0. The van der Waals surface area contributed by atoms with Crippen molar-refractivity contribution in [2.24, 2.45) is 50.2 Å². The van der Waals surface area contributed by atoms with E-state index in [9.17, 15) is 40.5 Å². The minimum absolute atomic E-state index is 0.185. The number of allylic oxidation sites excluding steroid dienone is 1. The van der Waals surface area contributed by atoms with E-state index in [1.54, 1.807) is 0 Å². The summed E-state index contributed by atoms with van der Waals surface area (Å²) in [6, 6.07) is 0. The summed E-state index contributed by atoms with van der Waals surface area (Å²) in [5, 5.41) is 75.3. The molecule has 6 aliphatic rings. The molecule has 7 N–H and O–H groups in total. The van der Waals surface area contributed by atoms with Crippen LogP contribution >= 0.6 is 0 Å². The van der Waals surface area contributed by atoms with Crippen LogP contribution < -0.4 is 0 Å². The molecule has 5 aliphatic carbocycles. The van der Waals surface area contributed by atoms with Crippen LogP contribution in [0.2, 0.25) is 0 Å². The maximum atomic E-state index is 14.4. The molecule has 0 bridgehead atoms. The van der Waals surface area contributed by atoms with Gasteiger partial charge in [-0.25, -0.2) is 0 Å². The summed E-state index contributed by atoms with van der Waals surface area (Å²) in [5.74, 6) is -0.666. The lowest BCUT2D eigenvalue weighted by Crippen LogP contribution is -2.68. The minimum Gasteiger partial charge on any atom is -0.432 e. The van der Waals surface area contributed by atoms with Crippen molar-refractivity contribution in [3.8, 4) is 0 Å². The highest BCUT2D eigenvalue weighted by Crippen LogP contribution is 2.75. The third-order valence-electron chi connectivity index (χ3n) is 15.3. The largest absolute Gasteiger partial charge is 0.432 e. The first-order valence-corrected chi connectivity index (χ1v) is 17.5. The van der Waals surface area contributed by atoms with Gasteiger partial charge >= 0.3 is 5.97 Å². The number of hydrogen-bond donors (Lipinski definition) is 7. The lowest BCUT2D eigenvalue weighted by atomic mass is 9.33. The van der Waals surface area contributed by atoms with Crippen LogP contribution in [-0.2, 0) is 14.3 Å². The Balaban J connectivity index is 1.39. The van der Waals surface area contributed by atoms with Crippen molar-refractivity contribution >= 4 is 5.97 Å². The molecule has 0 aromatic rings. The highest BCUT2D eigenvalue weighted by molar-refractivity contribution is 5.79. The van der Waals surface area contributed by atoms with Gasteiger partial charge in [-0.1, -0.05) is 60.1 Å². The molecule has 10 nitrogen and oxygen atoms in total. The second-order valence-electron chi connectivity index (χ2n) is 18.0. The highest BCUT2D eigenvalue weighted by atomic mass is 16.7. The fraction of sp³-hybridized carbons (Fsp3) is 0.917. The number of carbonyl (C=O) groups is 1. The van der Waals surface area contributed by atoms with Crippen LogP contribution in [-0.4, -0.2) is 97.3 Å². The van der Waals surface area contributed by atoms with Gasteiger partial charge in [0, 0.05) is 5.92 Å². The summed E-state index contributed by atoms with van der Waals surface area (Å²) in [6.07, 6.45) is -2.48. The van der Waals surface area contributed by atoms with Crippen molar-refractivity contribution < 1.29 is 50.0 Å². The van der Waals surface area contributed by atoms with E-state index in [0.717, 1.165) is 24.8 Å². The van der Waals surface area contributed by atoms with E-state index in [-0.39, 0.29) is 28.1 Å². The summed E-state index contributed by atoms with van der Waals surface area (Å²) >= 11 is 0. The molecule has 0 aromatic heterocycles. The first-order chi connectivity index (χ1) is 21.2. The Morgan fingerprint density at radius 3 is 2.15 bits per heavy atom. The lowest BCUT2D eigenvalue weighted by Gasteiger charge is -2.71. The Morgan fingerprint density at radius 2 is 1.50 bits per heavy atom. The van der Waals surface area contributed by atoms with Gasteiger partial charge in [0.15, 0.2) is 0 Å². The molecule has 262 valence electrons. The third kappa shape index (κ3) is 4.46. The molecule has 6 rings (SSSR count). The summed E-state index contributed by atoms with van der Waals surface area (Å²) < 4.78 is 11.4. The van der Waals surface area contributed by atoms with Gasteiger partial charge in [-0.2, -0.15) is 0 Å². The maximum absolute atomic E-state index is 14.4. The zero-order valence-corrected chi connectivity index (χ0v) is 28.6. The van der Waals surface area contributed by atoms with Crippen LogP contribution in [0.15, 0.2) is 11.6 Å². The van der Waals surface area contributed by atoms with Crippen molar-refractivity contribution in [1.29, 1.82) is 0 Å². The molecule has 46 heavy (non-hydrogen) atoms. The van der Waals surface area contributed by atoms with E-state index in [1.807, 2.05) is 13.8 Å².